The fourth-order valence-electron chi connectivity index (χ4n) is 5.10. The summed E-state index contributed by atoms with van der Waals surface area (Å²) in [5.74, 6) is 2.53. The average Bonchev–Trinajstić information content (AvgIpc) is 2.83. The Hall–Kier alpha value is -2.07. The summed E-state index contributed by atoms with van der Waals surface area (Å²) in [6, 6.07) is 15.7. The number of anilines is 1. The fraction of sp³-hybridized carbons (Fsp3) is 0.577. The Labute approximate surface area is 182 Å². The number of nitrogens with one attached hydrogen (secondary N) is 1. The Morgan fingerprint density at radius 2 is 1.83 bits per heavy atom. The van der Waals surface area contributed by atoms with Crippen molar-refractivity contribution in [3.8, 4) is 5.75 Å². The highest BCUT2D eigenvalue weighted by Crippen LogP contribution is 2.31. The number of ether oxygens (including phenoxy) is 1. The number of hydrogen-bond acceptors (Lipinski definition) is 4. The van der Waals surface area contributed by atoms with Crippen LogP contribution in [0.2, 0.25) is 0 Å². The van der Waals surface area contributed by atoms with Crippen molar-refractivity contribution in [3.63, 3.8) is 0 Å². The molecule has 0 unspecified atom stereocenters. The van der Waals surface area contributed by atoms with Crippen LogP contribution in [-0.2, 0) is 6.42 Å². The first-order valence-corrected chi connectivity index (χ1v) is 11.9. The van der Waals surface area contributed by atoms with E-state index in [-0.39, 0.29) is 0 Å². The SMILES string of the molecule is COc1ccc(CCCNc2cccc([C@H]3CCCN(C4CCCCC4)C3)n2)cc1. The molecule has 162 valence electrons. The molecule has 1 saturated carbocycles. The highest BCUT2D eigenvalue weighted by Gasteiger charge is 2.28. The van der Waals surface area contributed by atoms with Gasteiger partial charge in [0.1, 0.15) is 11.6 Å². The van der Waals surface area contributed by atoms with Crippen molar-refractivity contribution in [2.45, 2.75) is 69.7 Å². The van der Waals surface area contributed by atoms with Gasteiger partial charge >= 0.3 is 0 Å². The summed E-state index contributed by atoms with van der Waals surface area (Å²) in [6.07, 6.45) is 11.8. The van der Waals surface area contributed by atoms with Crippen LogP contribution in [0.25, 0.3) is 0 Å². The maximum atomic E-state index is 5.23. The normalized spacial score (nSPS) is 20.8. The first-order valence-electron chi connectivity index (χ1n) is 11.9. The summed E-state index contributed by atoms with van der Waals surface area (Å²) in [7, 11) is 1.71. The summed E-state index contributed by atoms with van der Waals surface area (Å²) in [4.78, 5) is 7.76. The summed E-state index contributed by atoms with van der Waals surface area (Å²) in [5.41, 5.74) is 2.62. The predicted octanol–water partition coefficient (Wildman–Crippen LogP) is 5.65. The summed E-state index contributed by atoms with van der Waals surface area (Å²) in [5, 5.41) is 3.54. The molecule has 30 heavy (non-hydrogen) atoms. The average molecular weight is 408 g/mol. The third kappa shape index (κ3) is 5.75. The molecule has 1 N–H and O–H groups in total. The maximum absolute atomic E-state index is 5.23. The van der Waals surface area contributed by atoms with E-state index in [1.165, 1.54) is 69.3 Å². The third-order valence-corrected chi connectivity index (χ3v) is 6.84. The molecule has 2 heterocycles. The van der Waals surface area contributed by atoms with Crippen LogP contribution in [0, 0.1) is 0 Å². The van der Waals surface area contributed by atoms with Gasteiger partial charge in [0.25, 0.3) is 0 Å². The fourth-order valence-corrected chi connectivity index (χ4v) is 5.10. The van der Waals surface area contributed by atoms with Crippen LogP contribution in [0.1, 0.15) is 68.5 Å². The van der Waals surface area contributed by atoms with Gasteiger partial charge in [0, 0.05) is 30.7 Å². The molecule has 1 aliphatic heterocycles. The number of aromatic nitrogens is 1. The number of hydrogen-bond donors (Lipinski definition) is 1. The van der Waals surface area contributed by atoms with Crippen molar-refractivity contribution in [2.24, 2.45) is 0 Å². The van der Waals surface area contributed by atoms with Crippen molar-refractivity contribution in [2.75, 3.05) is 32.1 Å². The molecule has 1 aromatic carbocycles. The van der Waals surface area contributed by atoms with Gasteiger partial charge in [0.15, 0.2) is 0 Å². The van der Waals surface area contributed by atoms with E-state index in [0.717, 1.165) is 37.0 Å². The minimum atomic E-state index is 0.585. The zero-order valence-corrected chi connectivity index (χ0v) is 18.5. The minimum absolute atomic E-state index is 0.585. The molecule has 1 atom stereocenters. The first kappa shape index (κ1) is 21.2. The van der Waals surface area contributed by atoms with E-state index in [4.69, 9.17) is 9.72 Å². The molecular weight excluding hydrogens is 370 g/mol. The van der Waals surface area contributed by atoms with Gasteiger partial charge in [-0.2, -0.15) is 0 Å². The van der Waals surface area contributed by atoms with Gasteiger partial charge in [0.2, 0.25) is 0 Å². The van der Waals surface area contributed by atoms with Crippen LogP contribution in [0.5, 0.6) is 5.75 Å². The van der Waals surface area contributed by atoms with Crippen LogP contribution in [-0.4, -0.2) is 42.7 Å². The van der Waals surface area contributed by atoms with Gasteiger partial charge in [-0.1, -0.05) is 37.5 Å². The molecule has 2 fully saturated rings. The van der Waals surface area contributed by atoms with E-state index in [2.05, 4.69) is 40.5 Å². The quantitative estimate of drug-likeness (QED) is 0.574. The van der Waals surface area contributed by atoms with Crippen LogP contribution in [0.3, 0.4) is 0 Å². The molecule has 4 heteroatoms. The lowest BCUT2D eigenvalue weighted by Gasteiger charge is -2.40. The molecule has 0 amide bonds. The van der Waals surface area contributed by atoms with Gasteiger partial charge in [-0.15, -0.1) is 0 Å². The highest BCUT2D eigenvalue weighted by molar-refractivity contribution is 5.36. The van der Waals surface area contributed by atoms with E-state index in [1.807, 2.05) is 12.1 Å². The number of aryl methyl sites for hydroxylation is 1. The van der Waals surface area contributed by atoms with Crippen molar-refractivity contribution >= 4 is 5.82 Å². The van der Waals surface area contributed by atoms with E-state index in [9.17, 15) is 0 Å². The summed E-state index contributed by atoms with van der Waals surface area (Å²) >= 11 is 0. The second kappa shape index (κ2) is 10.8. The standard InChI is InChI=1S/C26H37N3O/c1-30-24-16-14-21(15-17-24)8-6-18-27-26-13-5-12-25(28-26)22-9-7-19-29(20-22)23-10-3-2-4-11-23/h5,12-17,22-23H,2-4,6-11,18-20H2,1H3,(H,27,28)/t22-/m0/s1. The number of rotatable bonds is 8. The molecule has 0 radical (unpaired) electrons. The van der Waals surface area contributed by atoms with Gasteiger partial charge in [-0.3, -0.25) is 4.90 Å². The zero-order chi connectivity index (χ0) is 20.6. The van der Waals surface area contributed by atoms with Crippen molar-refractivity contribution in [1.82, 2.24) is 9.88 Å². The zero-order valence-electron chi connectivity index (χ0n) is 18.5. The lowest BCUT2D eigenvalue weighted by atomic mass is 9.89. The maximum Gasteiger partial charge on any atom is 0.126 e. The molecule has 4 rings (SSSR count). The molecule has 0 spiro atoms. The van der Waals surface area contributed by atoms with Crippen molar-refractivity contribution in [3.05, 3.63) is 53.7 Å². The number of benzene rings is 1. The summed E-state index contributed by atoms with van der Waals surface area (Å²) < 4.78 is 5.23. The molecule has 1 aromatic heterocycles. The lowest BCUT2D eigenvalue weighted by molar-refractivity contribution is 0.118. The van der Waals surface area contributed by atoms with E-state index in [0.29, 0.717) is 5.92 Å². The molecule has 0 bridgehead atoms. The molecular formula is C26H37N3O. The first-order chi connectivity index (χ1) is 14.8. The largest absolute Gasteiger partial charge is 0.497 e. The van der Waals surface area contributed by atoms with Gasteiger partial charge in [-0.05, 0) is 74.9 Å². The predicted molar refractivity (Wildman–Crippen MR) is 124 cm³/mol. The van der Waals surface area contributed by atoms with Gasteiger partial charge < -0.3 is 10.1 Å². The molecule has 2 aromatic rings. The summed E-state index contributed by atoms with van der Waals surface area (Å²) in [6.45, 7) is 3.42. The molecule has 4 nitrogen and oxygen atoms in total. The number of piperidine rings is 1. The molecule has 1 aliphatic carbocycles. The highest BCUT2D eigenvalue weighted by atomic mass is 16.5. The number of nitrogens with zero attached hydrogens (tertiary/aromatic N) is 2. The Kier molecular flexibility index (Phi) is 7.63. The number of likely N-dealkylation sites (tertiary alicyclic amines) is 1. The van der Waals surface area contributed by atoms with Gasteiger partial charge in [0.05, 0.1) is 7.11 Å². The van der Waals surface area contributed by atoms with Crippen molar-refractivity contribution < 1.29 is 4.74 Å². The smallest absolute Gasteiger partial charge is 0.126 e. The van der Waals surface area contributed by atoms with E-state index in [1.54, 1.807) is 7.11 Å². The Morgan fingerprint density at radius 3 is 2.63 bits per heavy atom. The van der Waals surface area contributed by atoms with E-state index >= 15 is 0 Å². The number of methoxy groups -OCH3 is 1. The lowest BCUT2D eigenvalue weighted by Crippen LogP contribution is -2.43. The third-order valence-electron chi connectivity index (χ3n) is 6.84. The van der Waals surface area contributed by atoms with Crippen LogP contribution in [0.15, 0.2) is 42.5 Å². The minimum Gasteiger partial charge on any atom is -0.497 e. The van der Waals surface area contributed by atoms with Crippen LogP contribution >= 0.6 is 0 Å². The second-order valence-corrected chi connectivity index (χ2v) is 8.95. The van der Waals surface area contributed by atoms with Gasteiger partial charge in [-0.25, -0.2) is 4.98 Å². The van der Waals surface area contributed by atoms with Crippen molar-refractivity contribution in [1.29, 1.82) is 0 Å². The van der Waals surface area contributed by atoms with E-state index < -0.39 is 0 Å². The number of pyridine rings is 1. The van der Waals surface area contributed by atoms with Crippen LogP contribution in [0.4, 0.5) is 5.82 Å². The Bertz CT molecular complexity index is 770. The Balaban J connectivity index is 1.26. The topological polar surface area (TPSA) is 37.4 Å². The molecule has 1 saturated heterocycles. The Morgan fingerprint density at radius 1 is 1.00 bits per heavy atom. The molecule has 2 aliphatic rings. The second-order valence-electron chi connectivity index (χ2n) is 8.95. The van der Waals surface area contributed by atoms with Crippen LogP contribution < -0.4 is 10.1 Å². The monoisotopic (exact) mass is 407 g/mol.